The Balaban J connectivity index is 1.25. The molecule has 4 aliphatic carbocycles. The molecule has 17 nitrogen and oxygen atoms in total. The summed E-state index contributed by atoms with van der Waals surface area (Å²) in [6.45, 7) is 17.6. The van der Waals surface area contributed by atoms with Gasteiger partial charge >= 0.3 is 0 Å². The van der Waals surface area contributed by atoms with Crippen LogP contribution in [-0.2, 0) is 28.4 Å². The minimum atomic E-state index is -1.72. The molecule has 0 bridgehead atoms. The summed E-state index contributed by atoms with van der Waals surface area (Å²) in [6.07, 6.45) is -14.5. The summed E-state index contributed by atoms with van der Waals surface area (Å²) in [5.41, 5.74) is -1.47. The van der Waals surface area contributed by atoms with E-state index in [2.05, 4.69) is 47.6 Å². The fraction of sp³-hybridized carbons (Fsp3) is 0.958. The van der Waals surface area contributed by atoms with Crippen molar-refractivity contribution < 1.29 is 84.6 Å². The highest BCUT2D eigenvalue weighted by Crippen LogP contribution is 2.76. The molecular weight excluding hydrogens is 849 g/mol. The van der Waals surface area contributed by atoms with E-state index >= 15 is 0 Å². The molecule has 0 spiro atoms. The topological polar surface area (TPSA) is 278 Å². The fourth-order valence-electron chi connectivity index (χ4n) is 14.9. The minimum absolute atomic E-state index is 0.0303. The SMILES string of the molecule is CC(C)=CCCC(C)(O[C@@H]1O[C@H](CO)[C@@H](O)[C@H](O)[C@H]1O)[C@H]1CC[C@]2(C)[C@@H]1CC[C@@H]1[C@@]3(C)CC[C@H](O)C(C)(C)[C@@H]3[C@@H](O[C@@H]3O[C@H](CO)[C@@H](O)[C@H](O)[C@H]3O[C@@H]3O[C@@H](C)[C@H](O)[C@@H](O)[C@H]3O)C[C@]12C. The van der Waals surface area contributed by atoms with Crippen molar-refractivity contribution >= 4 is 0 Å². The smallest absolute Gasteiger partial charge is 0.187 e. The Morgan fingerprint density at radius 3 is 1.89 bits per heavy atom. The van der Waals surface area contributed by atoms with Crippen LogP contribution in [0.1, 0.15) is 120 Å². The fourth-order valence-corrected chi connectivity index (χ4v) is 14.9. The molecule has 0 radical (unpaired) electrons. The zero-order valence-corrected chi connectivity index (χ0v) is 39.8. The molecule has 0 aromatic rings. The first kappa shape index (κ1) is 51.9. The second-order valence-corrected chi connectivity index (χ2v) is 22.9. The standard InChI is InChI=1S/C48H82O17/c1-22(2)11-10-16-48(9,65-42-38(59)35(56)32(53)27(20-49)62-42)25-14-18-46(7)24(25)12-13-29-45(6)17-15-30(51)44(4,5)40(45)26(19-47(29,46)8)61-43-39(36(57)33(54)28(21-50)63-43)64-41-37(58)34(55)31(52)23(3)60-41/h11,23-43,49-59H,10,12-21H2,1-9H3/t23-,24+,25-,26-,27+,28+,29+,30-,31-,32+,33+,34+,35-,36-,37+,38+,39+,40-,41-,42-,43+,45+,46+,47+,48?/m0/s1. The Labute approximate surface area is 384 Å². The molecule has 0 amide bonds. The Bertz CT molecular complexity index is 1660. The third kappa shape index (κ3) is 8.73. The van der Waals surface area contributed by atoms with Crippen LogP contribution < -0.4 is 0 Å². The number of allylic oxidation sites excluding steroid dienone is 2. The van der Waals surface area contributed by atoms with Gasteiger partial charge in [0.05, 0.1) is 37.1 Å². The van der Waals surface area contributed by atoms with Gasteiger partial charge in [-0.25, -0.2) is 0 Å². The third-order valence-corrected chi connectivity index (χ3v) is 18.7. The van der Waals surface area contributed by atoms with Gasteiger partial charge in [0.15, 0.2) is 18.9 Å². The summed E-state index contributed by atoms with van der Waals surface area (Å²) >= 11 is 0. The first-order valence-electron chi connectivity index (χ1n) is 24.2. The van der Waals surface area contributed by atoms with Crippen LogP contribution in [0, 0.1) is 45.3 Å². The molecule has 3 saturated heterocycles. The maximum absolute atomic E-state index is 11.8. The zero-order chi connectivity index (χ0) is 47.9. The summed E-state index contributed by atoms with van der Waals surface area (Å²) < 4.78 is 38.3. The van der Waals surface area contributed by atoms with E-state index in [1.54, 1.807) is 0 Å². The molecule has 0 aromatic heterocycles. The second-order valence-electron chi connectivity index (χ2n) is 22.9. The molecule has 376 valence electrons. The Morgan fingerprint density at radius 2 is 1.26 bits per heavy atom. The summed E-state index contributed by atoms with van der Waals surface area (Å²) in [7, 11) is 0. The quantitative estimate of drug-likeness (QED) is 0.0962. The number of hydrogen-bond acceptors (Lipinski definition) is 17. The molecule has 3 heterocycles. The molecule has 17 heteroatoms. The third-order valence-electron chi connectivity index (χ3n) is 18.7. The highest BCUT2D eigenvalue weighted by molar-refractivity contribution is 5.21. The van der Waals surface area contributed by atoms with Crippen molar-refractivity contribution in [3.8, 4) is 0 Å². The average molecular weight is 931 g/mol. The van der Waals surface area contributed by atoms with Crippen molar-refractivity contribution in [3.05, 3.63) is 11.6 Å². The van der Waals surface area contributed by atoms with Crippen LogP contribution in [0.25, 0.3) is 0 Å². The van der Waals surface area contributed by atoms with E-state index in [9.17, 15) is 56.2 Å². The minimum Gasteiger partial charge on any atom is -0.394 e. The number of fused-ring (bicyclic) bond motifs is 5. The molecule has 7 rings (SSSR count). The molecular formula is C48H82O17. The number of aliphatic hydroxyl groups excluding tert-OH is 11. The maximum atomic E-state index is 11.8. The van der Waals surface area contributed by atoms with Crippen LogP contribution in [0.2, 0.25) is 0 Å². The molecule has 4 saturated carbocycles. The lowest BCUT2D eigenvalue weighted by atomic mass is 9.35. The van der Waals surface area contributed by atoms with E-state index in [0.717, 1.165) is 37.7 Å². The van der Waals surface area contributed by atoms with Gasteiger partial charge in [-0.3, -0.25) is 0 Å². The molecule has 7 aliphatic rings. The van der Waals surface area contributed by atoms with Gasteiger partial charge in [-0.15, -0.1) is 0 Å². The zero-order valence-electron chi connectivity index (χ0n) is 39.8. The molecule has 65 heavy (non-hydrogen) atoms. The largest absolute Gasteiger partial charge is 0.394 e. The summed E-state index contributed by atoms with van der Waals surface area (Å²) in [5.74, 6) is 0.0245. The predicted molar refractivity (Wildman–Crippen MR) is 232 cm³/mol. The van der Waals surface area contributed by atoms with Gasteiger partial charge in [-0.1, -0.05) is 46.3 Å². The van der Waals surface area contributed by atoms with Gasteiger partial charge < -0.3 is 84.6 Å². The van der Waals surface area contributed by atoms with Crippen LogP contribution in [0.5, 0.6) is 0 Å². The van der Waals surface area contributed by atoms with E-state index in [-0.39, 0.29) is 34.5 Å². The Morgan fingerprint density at radius 1 is 0.662 bits per heavy atom. The summed E-state index contributed by atoms with van der Waals surface area (Å²) in [5, 5.41) is 119. The van der Waals surface area contributed by atoms with Gasteiger partial charge in [-0.2, -0.15) is 0 Å². The summed E-state index contributed by atoms with van der Waals surface area (Å²) in [4.78, 5) is 0. The Kier molecular flexibility index (Phi) is 15.2. The van der Waals surface area contributed by atoms with Crippen molar-refractivity contribution in [2.45, 2.75) is 230 Å². The summed E-state index contributed by atoms with van der Waals surface area (Å²) in [6, 6.07) is 0. The first-order chi connectivity index (χ1) is 30.3. The van der Waals surface area contributed by atoms with Crippen molar-refractivity contribution in [1.82, 2.24) is 0 Å². The van der Waals surface area contributed by atoms with Crippen LogP contribution in [0.4, 0.5) is 0 Å². The lowest BCUT2D eigenvalue weighted by Crippen LogP contribution is -2.70. The molecule has 25 atom stereocenters. The van der Waals surface area contributed by atoms with Crippen LogP contribution in [0.15, 0.2) is 11.6 Å². The van der Waals surface area contributed by atoms with Gasteiger partial charge in [0.25, 0.3) is 0 Å². The van der Waals surface area contributed by atoms with Crippen molar-refractivity contribution in [2.75, 3.05) is 13.2 Å². The lowest BCUT2D eigenvalue weighted by Gasteiger charge is -2.71. The monoisotopic (exact) mass is 931 g/mol. The van der Waals surface area contributed by atoms with Crippen molar-refractivity contribution in [1.29, 1.82) is 0 Å². The molecule has 7 fully saturated rings. The average Bonchev–Trinajstić information content (AvgIpc) is 3.61. The molecule has 0 aromatic carbocycles. The predicted octanol–water partition coefficient (Wildman–Crippen LogP) is 1.00. The van der Waals surface area contributed by atoms with E-state index in [0.29, 0.717) is 25.7 Å². The number of ether oxygens (including phenoxy) is 6. The highest BCUT2D eigenvalue weighted by atomic mass is 16.8. The highest BCUT2D eigenvalue weighted by Gasteiger charge is 2.72. The lowest BCUT2D eigenvalue weighted by molar-refractivity contribution is -0.381. The number of rotatable bonds is 12. The van der Waals surface area contributed by atoms with Crippen LogP contribution >= 0.6 is 0 Å². The molecule has 1 unspecified atom stereocenters. The van der Waals surface area contributed by atoms with E-state index in [1.165, 1.54) is 6.92 Å². The van der Waals surface area contributed by atoms with Crippen LogP contribution in [0.3, 0.4) is 0 Å². The van der Waals surface area contributed by atoms with Gasteiger partial charge in [0.1, 0.15) is 67.1 Å². The van der Waals surface area contributed by atoms with Crippen LogP contribution in [-0.4, -0.2) is 179 Å². The van der Waals surface area contributed by atoms with E-state index < -0.39 is 134 Å². The van der Waals surface area contributed by atoms with Gasteiger partial charge in [0, 0.05) is 0 Å². The first-order valence-corrected chi connectivity index (χ1v) is 24.2. The Hall–Kier alpha value is -0.940. The normalized spacial score (nSPS) is 53.0. The maximum Gasteiger partial charge on any atom is 0.187 e. The van der Waals surface area contributed by atoms with E-state index in [1.807, 2.05) is 13.8 Å². The molecule has 11 N–H and O–H groups in total. The number of hydrogen-bond donors (Lipinski definition) is 11. The van der Waals surface area contributed by atoms with Crippen molar-refractivity contribution in [3.63, 3.8) is 0 Å². The van der Waals surface area contributed by atoms with E-state index in [4.69, 9.17) is 28.4 Å². The van der Waals surface area contributed by atoms with Crippen molar-refractivity contribution in [2.24, 2.45) is 45.3 Å². The second kappa shape index (κ2) is 19.0. The van der Waals surface area contributed by atoms with Gasteiger partial charge in [-0.05, 0) is 131 Å². The van der Waals surface area contributed by atoms with Gasteiger partial charge in [0.2, 0.25) is 0 Å². The number of aliphatic hydroxyl groups is 11. The molecule has 3 aliphatic heterocycles.